The Kier molecular flexibility index (Phi) is 6.75. The van der Waals surface area contributed by atoms with Crippen LogP contribution in [0.15, 0.2) is 58.9 Å². The highest BCUT2D eigenvalue weighted by molar-refractivity contribution is 7.07. The second-order valence-corrected chi connectivity index (χ2v) is 8.62. The standard InChI is InChI=1S/C26H23N3O5S/c1-4-34-26(31)22-21(16-8-6-10-18(13-16)33-3)19(14-27)23(28)29-24(30)20(35-25(22)29)12-15-7-5-9-17(11-15)32-2/h5-13,21H,4,28H2,1-3H3/b20-12+/t21-/m1/s1. The Balaban J connectivity index is 2.07. The first-order valence-corrected chi connectivity index (χ1v) is 11.6. The zero-order valence-electron chi connectivity index (χ0n) is 19.4. The molecule has 0 fully saturated rings. The van der Waals surface area contributed by atoms with Crippen molar-refractivity contribution in [1.29, 1.82) is 5.26 Å². The van der Waals surface area contributed by atoms with Crippen LogP contribution >= 0.6 is 11.3 Å². The molecule has 0 bridgehead atoms. The average Bonchev–Trinajstić information content (AvgIpc) is 3.19. The van der Waals surface area contributed by atoms with Gasteiger partial charge in [0.2, 0.25) is 0 Å². The minimum absolute atomic E-state index is 0.0186. The number of esters is 1. The molecule has 35 heavy (non-hydrogen) atoms. The molecule has 0 radical (unpaired) electrons. The predicted molar refractivity (Wildman–Crippen MR) is 133 cm³/mol. The molecule has 0 amide bonds. The number of benzene rings is 2. The summed E-state index contributed by atoms with van der Waals surface area (Å²) in [6.45, 7) is 1.83. The fourth-order valence-corrected chi connectivity index (χ4v) is 5.16. The van der Waals surface area contributed by atoms with Crippen LogP contribution in [-0.4, -0.2) is 31.4 Å². The maximum Gasteiger partial charge on any atom is 0.338 e. The SMILES string of the molecule is CCOC(=O)C1=c2s/c(=C/c3cccc(OC)c3)c(=O)n2C(N)=C(C#N)[C@H]1c1cccc(OC)c1. The number of hydrogen-bond donors (Lipinski definition) is 1. The van der Waals surface area contributed by atoms with Crippen molar-refractivity contribution in [2.45, 2.75) is 12.8 Å². The molecular formula is C26H23N3O5S. The van der Waals surface area contributed by atoms with Crippen LogP contribution in [0.3, 0.4) is 0 Å². The van der Waals surface area contributed by atoms with Gasteiger partial charge in [-0.15, -0.1) is 11.3 Å². The van der Waals surface area contributed by atoms with Crippen molar-refractivity contribution in [2.24, 2.45) is 5.73 Å². The number of allylic oxidation sites excluding steroid dienone is 1. The summed E-state index contributed by atoms with van der Waals surface area (Å²) in [7, 11) is 3.09. The van der Waals surface area contributed by atoms with Gasteiger partial charge in [-0.2, -0.15) is 5.26 Å². The number of nitrogens with zero attached hydrogens (tertiary/aromatic N) is 2. The third kappa shape index (κ3) is 4.32. The minimum atomic E-state index is -0.822. The van der Waals surface area contributed by atoms with Crippen molar-refractivity contribution in [1.82, 2.24) is 4.57 Å². The van der Waals surface area contributed by atoms with Gasteiger partial charge in [0.25, 0.3) is 5.56 Å². The summed E-state index contributed by atoms with van der Waals surface area (Å²) in [5, 5.41) is 10.0. The van der Waals surface area contributed by atoms with Gasteiger partial charge in [-0.25, -0.2) is 4.79 Å². The Morgan fingerprint density at radius 1 is 1.17 bits per heavy atom. The molecule has 0 saturated heterocycles. The largest absolute Gasteiger partial charge is 0.497 e. The van der Waals surface area contributed by atoms with Crippen LogP contribution in [0.25, 0.3) is 17.5 Å². The van der Waals surface area contributed by atoms with Crippen LogP contribution in [0.5, 0.6) is 11.5 Å². The van der Waals surface area contributed by atoms with Crippen LogP contribution in [-0.2, 0) is 9.53 Å². The maximum absolute atomic E-state index is 13.4. The van der Waals surface area contributed by atoms with Crippen molar-refractivity contribution >= 4 is 34.8 Å². The van der Waals surface area contributed by atoms with Crippen LogP contribution in [0, 0.1) is 11.3 Å². The first-order chi connectivity index (χ1) is 16.9. The van der Waals surface area contributed by atoms with Crippen molar-refractivity contribution in [3.63, 3.8) is 0 Å². The lowest BCUT2D eigenvalue weighted by molar-refractivity contribution is -0.136. The van der Waals surface area contributed by atoms with E-state index in [2.05, 4.69) is 6.07 Å². The summed E-state index contributed by atoms with van der Waals surface area (Å²) in [4.78, 5) is 26.6. The third-order valence-corrected chi connectivity index (χ3v) is 6.69. The van der Waals surface area contributed by atoms with Crippen LogP contribution in [0.1, 0.15) is 24.0 Å². The average molecular weight is 490 g/mol. The van der Waals surface area contributed by atoms with Gasteiger partial charge in [0.1, 0.15) is 22.0 Å². The molecule has 0 aliphatic carbocycles. The van der Waals surface area contributed by atoms with E-state index in [1.54, 1.807) is 56.5 Å². The second-order valence-electron chi connectivity index (χ2n) is 7.59. The fraction of sp³-hybridized carbons (Fsp3) is 0.192. The highest BCUT2D eigenvalue weighted by Crippen LogP contribution is 2.37. The Bertz CT molecular complexity index is 1560. The van der Waals surface area contributed by atoms with Gasteiger partial charge in [-0.3, -0.25) is 9.36 Å². The van der Waals surface area contributed by atoms with Crippen LogP contribution < -0.4 is 30.0 Å². The van der Waals surface area contributed by atoms with Gasteiger partial charge < -0.3 is 19.9 Å². The Labute approximate surface area is 205 Å². The fourth-order valence-electron chi connectivity index (χ4n) is 3.99. The number of rotatable bonds is 6. The molecule has 1 aliphatic heterocycles. The molecule has 3 aromatic rings. The summed E-state index contributed by atoms with van der Waals surface area (Å²) < 4.78 is 17.9. The number of carbonyl (C=O) groups excluding carboxylic acids is 1. The summed E-state index contributed by atoms with van der Waals surface area (Å²) >= 11 is 1.12. The van der Waals surface area contributed by atoms with Gasteiger partial charge in [-0.05, 0) is 48.4 Å². The summed E-state index contributed by atoms with van der Waals surface area (Å²) in [5.41, 5.74) is 7.59. The number of nitriles is 1. The number of aromatic nitrogens is 1. The van der Waals surface area contributed by atoms with Gasteiger partial charge in [0, 0.05) is 0 Å². The van der Waals surface area contributed by atoms with Crippen molar-refractivity contribution < 1.29 is 19.0 Å². The summed E-state index contributed by atoms with van der Waals surface area (Å²) in [5.74, 6) is -0.263. The molecule has 4 rings (SSSR count). The molecule has 0 saturated carbocycles. The number of fused-ring (bicyclic) bond motifs is 1. The minimum Gasteiger partial charge on any atom is -0.497 e. The van der Waals surface area contributed by atoms with E-state index >= 15 is 0 Å². The lowest BCUT2D eigenvalue weighted by Gasteiger charge is -2.25. The number of methoxy groups -OCH3 is 2. The Hall–Kier alpha value is -4.29. The number of thiazole rings is 1. The molecule has 0 unspecified atom stereocenters. The highest BCUT2D eigenvalue weighted by Gasteiger charge is 2.36. The molecule has 1 aliphatic rings. The highest BCUT2D eigenvalue weighted by atomic mass is 32.1. The predicted octanol–water partition coefficient (Wildman–Crippen LogP) is 1.92. The van der Waals surface area contributed by atoms with Crippen LogP contribution in [0.4, 0.5) is 0 Å². The molecule has 2 N–H and O–H groups in total. The molecule has 178 valence electrons. The van der Waals surface area contributed by atoms with E-state index in [0.29, 0.717) is 26.3 Å². The van der Waals surface area contributed by atoms with E-state index in [1.165, 1.54) is 11.7 Å². The number of ether oxygens (including phenoxy) is 3. The van der Waals surface area contributed by atoms with E-state index in [0.717, 1.165) is 16.9 Å². The number of nitrogens with two attached hydrogens (primary N) is 1. The molecule has 1 aromatic heterocycles. The molecule has 1 atom stereocenters. The number of carbonyl (C=O) groups is 1. The van der Waals surface area contributed by atoms with E-state index < -0.39 is 17.4 Å². The zero-order valence-corrected chi connectivity index (χ0v) is 20.2. The van der Waals surface area contributed by atoms with E-state index in [1.807, 2.05) is 12.1 Å². The first kappa shape index (κ1) is 23.9. The van der Waals surface area contributed by atoms with E-state index in [9.17, 15) is 14.9 Å². The Morgan fingerprint density at radius 2 is 1.86 bits per heavy atom. The van der Waals surface area contributed by atoms with Gasteiger partial charge in [0.05, 0.1) is 48.5 Å². The molecular weight excluding hydrogens is 466 g/mol. The molecule has 2 aromatic carbocycles. The van der Waals surface area contributed by atoms with Gasteiger partial charge >= 0.3 is 5.97 Å². The Morgan fingerprint density at radius 3 is 2.51 bits per heavy atom. The lowest BCUT2D eigenvalue weighted by Crippen LogP contribution is -2.40. The summed E-state index contributed by atoms with van der Waals surface area (Å²) in [6, 6.07) is 16.4. The third-order valence-electron chi connectivity index (χ3n) is 5.58. The van der Waals surface area contributed by atoms with Crippen molar-refractivity contribution in [2.75, 3.05) is 20.8 Å². The van der Waals surface area contributed by atoms with Crippen LogP contribution in [0.2, 0.25) is 0 Å². The first-order valence-electron chi connectivity index (χ1n) is 10.8. The molecule has 2 heterocycles. The smallest absolute Gasteiger partial charge is 0.338 e. The van der Waals surface area contributed by atoms with E-state index in [-0.39, 0.29) is 23.6 Å². The normalized spacial score (nSPS) is 15.4. The number of hydrogen-bond acceptors (Lipinski definition) is 8. The van der Waals surface area contributed by atoms with Gasteiger partial charge in [-0.1, -0.05) is 24.3 Å². The van der Waals surface area contributed by atoms with Crippen molar-refractivity contribution in [3.05, 3.63) is 84.8 Å². The molecule has 0 spiro atoms. The maximum atomic E-state index is 13.4. The molecule has 8 nitrogen and oxygen atoms in total. The topological polar surface area (TPSA) is 117 Å². The summed E-state index contributed by atoms with van der Waals surface area (Å²) in [6.07, 6.45) is 1.70. The second kappa shape index (κ2) is 9.91. The monoisotopic (exact) mass is 489 g/mol. The zero-order chi connectivity index (χ0) is 25.1. The quantitative estimate of drug-likeness (QED) is 0.526. The van der Waals surface area contributed by atoms with Gasteiger partial charge in [0.15, 0.2) is 0 Å². The molecule has 9 heteroatoms. The van der Waals surface area contributed by atoms with Crippen molar-refractivity contribution in [3.8, 4) is 17.6 Å². The lowest BCUT2D eigenvalue weighted by atomic mass is 9.84. The van der Waals surface area contributed by atoms with E-state index in [4.69, 9.17) is 19.9 Å².